The number of esters is 1. The van der Waals surface area contributed by atoms with Gasteiger partial charge in [-0.2, -0.15) is 0 Å². The number of hydrogen-bond donors (Lipinski definition) is 0. The van der Waals surface area contributed by atoms with Crippen LogP contribution < -0.4 is 0 Å². The predicted octanol–water partition coefficient (Wildman–Crippen LogP) is 3.73. The summed E-state index contributed by atoms with van der Waals surface area (Å²) in [6, 6.07) is 17.6. The molecule has 0 saturated heterocycles. The largest absolute Gasteiger partial charge is 0.465 e. The third-order valence-electron chi connectivity index (χ3n) is 2.86. The molecule has 0 aliphatic rings. The zero-order valence-electron chi connectivity index (χ0n) is 10.9. The van der Waals surface area contributed by atoms with Crippen molar-refractivity contribution in [2.75, 3.05) is 7.11 Å². The van der Waals surface area contributed by atoms with Crippen LogP contribution in [0.25, 0.3) is 6.08 Å². The van der Waals surface area contributed by atoms with Crippen LogP contribution in [0.15, 0.2) is 60.7 Å². The van der Waals surface area contributed by atoms with Gasteiger partial charge in [-0.05, 0) is 23.6 Å². The summed E-state index contributed by atoms with van der Waals surface area (Å²) in [5, 5.41) is 0. The minimum absolute atomic E-state index is 0.306. The monoisotopic (exact) mass is 252 g/mol. The number of carbonyl (C=O) groups excluding carboxylic acids is 1. The van der Waals surface area contributed by atoms with E-state index in [1.807, 2.05) is 42.5 Å². The molecule has 0 radical (unpaired) electrons. The molecule has 2 rings (SSSR count). The van der Waals surface area contributed by atoms with Crippen molar-refractivity contribution in [3.8, 4) is 0 Å². The van der Waals surface area contributed by atoms with Crippen LogP contribution >= 0.6 is 0 Å². The van der Waals surface area contributed by atoms with Gasteiger partial charge in [0, 0.05) is 0 Å². The molecule has 0 aliphatic carbocycles. The maximum absolute atomic E-state index is 11.6. The second kappa shape index (κ2) is 6.55. The highest BCUT2D eigenvalue weighted by molar-refractivity contribution is 5.93. The maximum Gasteiger partial charge on any atom is 0.338 e. The molecule has 0 atom stereocenters. The van der Waals surface area contributed by atoms with E-state index in [-0.39, 0.29) is 5.97 Å². The summed E-state index contributed by atoms with van der Waals surface area (Å²) in [5.74, 6) is -0.306. The number of benzene rings is 2. The minimum atomic E-state index is -0.306. The van der Waals surface area contributed by atoms with Gasteiger partial charge in [0.2, 0.25) is 0 Å². The first kappa shape index (κ1) is 13.1. The van der Waals surface area contributed by atoms with Gasteiger partial charge in [-0.1, -0.05) is 60.7 Å². The quantitative estimate of drug-likeness (QED) is 0.775. The zero-order chi connectivity index (χ0) is 13.5. The lowest BCUT2D eigenvalue weighted by Crippen LogP contribution is -2.03. The Hall–Kier alpha value is -2.35. The molecule has 0 saturated carbocycles. The average Bonchev–Trinajstić information content (AvgIpc) is 2.48. The normalized spacial score (nSPS) is 10.6. The SMILES string of the molecule is COC(=O)c1ccccc1/C=C/Cc1ccccc1. The van der Waals surface area contributed by atoms with Gasteiger partial charge in [-0.25, -0.2) is 4.79 Å². The third-order valence-corrected chi connectivity index (χ3v) is 2.86. The average molecular weight is 252 g/mol. The van der Waals surface area contributed by atoms with Crippen molar-refractivity contribution in [2.24, 2.45) is 0 Å². The Bertz CT molecular complexity index is 571. The predicted molar refractivity (Wildman–Crippen MR) is 77.0 cm³/mol. The molecule has 0 N–H and O–H groups in total. The first-order valence-electron chi connectivity index (χ1n) is 6.19. The van der Waals surface area contributed by atoms with Gasteiger partial charge in [-0.15, -0.1) is 0 Å². The lowest BCUT2D eigenvalue weighted by atomic mass is 10.1. The fourth-order valence-corrected chi connectivity index (χ4v) is 1.87. The first-order chi connectivity index (χ1) is 9.31. The second-order valence-corrected chi connectivity index (χ2v) is 4.17. The van der Waals surface area contributed by atoms with Crippen LogP contribution in [0.4, 0.5) is 0 Å². The van der Waals surface area contributed by atoms with Crippen LogP contribution in [-0.2, 0) is 11.2 Å². The van der Waals surface area contributed by atoms with Crippen molar-refractivity contribution in [1.82, 2.24) is 0 Å². The van der Waals surface area contributed by atoms with Crippen molar-refractivity contribution in [3.63, 3.8) is 0 Å². The van der Waals surface area contributed by atoms with E-state index in [2.05, 4.69) is 18.2 Å². The molecule has 19 heavy (non-hydrogen) atoms. The van der Waals surface area contributed by atoms with Gasteiger partial charge >= 0.3 is 5.97 Å². The Morgan fingerprint density at radius 1 is 1.05 bits per heavy atom. The van der Waals surface area contributed by atoms with E-state index >= 15 is 0 Å². The summed E-state index contributed by atoms with van der Waals surface area (Å²) in [7, 11) is 1.40. The highest BCUT2D eigenvalue weighted by Gasteiger charge is 2.07. The minimum Gasteiger partial charge on any atom is -0.465 e. The maximum atomic E-state index is 11.6. The molecule has 0 spiro atoms. The number of ether oxygens (including phenoxy) is 1. The molecule has 2 heteroatoms. The van der Waals surface area contributed by atoms with Crippen LogP contribution in [-0.4, -0.2) is 13.1 Å². The number of methoxy groups -OCH3 is 1. The first-order valence-corrected chi connectivity index (χ1v) is 6.19. The van der Waals surface area contributed by atoms with Gasteiger partial charge in [0.15, 0.2) is 0 Å². The Morgan fingerprint density at radius 3 is 2.47 bits per heavy atom. The number of allylic oxidation sites excluding steroid dienone is 1. The molecular weight excluding hydrogens is 236 g/mol. The lowest BCUT2D eigenvalue weighted by molar-refractivity contribution is 0.0600. The van der Waals surface area contributed by atoms with Crippen molar-refractivity contribution in [2.45, 2.75) is 6.42 Å². The molecule has 2 aromatic carbocycles. The van der Waals surface area contributed by atoms with E-state index in [4.69, 9.17) is 4.74 Å². The Kier molecular flexibility index (Phi) is 4.51. The molecule has 0 amide bonds. The molecule has 0 heterocycles. The molecule has 0 bridgehead atoms. The molecule has 2 nitrogen and oxygen atoms in total. The van der Waals surface area contributed by atoms with E-state index in [9.17, 15) is 4.79 Å². The Balaban J connectivity index is 2.13. The van der Waals surface area contributed by atoms with Gasteiger partial charge in [0.05, 0.1) is 12.7 Å². The highest BCUT2D eigenvalue weighted by atomic mass is 16.5. The molecule has 96 valence electrons. The van der Waals surface area contributed by atoms with E-state index < -0.39 is 0 Å². The number of hydrogen-bond acceptors (Lipinski definition) is 2. The summed E-state index contributed by atoms with van der Waals surface area (Å²) >= 11 is 0. The van der Waals surface area contributed by atoms with Gasteiger partial charge in [-0.3, -0.25) is 0 Å². The summed E-state index contributed by atoms with van der Waals surface area (Å²) in [4.78, 5) is 11.6. The van der Waals surface area contributed by atoms with Gasteiger partial charge in [0.1, 0.15) is 0 Å². The Morgan fingerprint density at radius 2 is 1.74 bits per heavy atom. The fourth-order valence-electron chi connectivity index (χ4n) is 1.87. The van der Waals surface area contributed by atoms with Crippen molar-refractivity contribution in [1.29, 1.82) is 0 Å². The number of carbonyl (C=O) groups is 1. The summed E-state index contributed by atoms with van der Waals surface area (Å²) in [6.45, 7) is 0. The topological polar surface area (TPSA) is 26.3 Å². The van der Waals surface area contributed by atoms with Crippen LogP contribution in [0.2, 0.25) is 0 Å². The van der Waals surface area contributed by atoms with E-state index in [0.29, 0.717) is 5.56 Å². The lowest BCUT2D eigenvalue weighted by Gasteiger charge is -2.03. The van der Waals surface area contributed by atoms with Crippen molar-refractivity contribution >= 4 is 12.0 Å². The van der Waals surface area contributed by atoms with Crippen LogP contribution in [0, 0.1) is 0 Å². The van der Waals surface area contributed by atoms with Crippen molar-refractivity contribution < 1.29 is 9.53 Å². The molecule has 0 fully saturated rings. The van der Waals surface area contributed by atoms with E-state index in [1.54, 1.807) is 6.07 Å². The molecular formula is C17H16O2. The standard InChI is InChI=1S/C17H16O2/c1-19-17(18)16-13-6-5-11-15(16)12-7-10-14-8-3-2-4-9-14/h2-9,11-13H,10H2,1H3/b12-7+. The summed E-state index contributed by atoms with van der Waals surface area (Å²) in [5.41, 5.74) is 2.72. The second-order valence-electron chi connectivity index (χ2n) is 4.17. The van der Waals surface area contributed by atoms with Crippen LogP contribution in [0.1, 0.15) is 21.5 Å². The molecule has 0 unspecified atom stereocenters. The zero-order valence-corrected chi connectivity index (χ0v) is 10.9. The van der Waals surface area contributed by atoms with E-state index in [1.165, 1.54) is 12.7 Å². The number of rotatable bonds is 4. The third kappa shape index (κ3) is 3.55. The Labute approximate surface area is 113 Å². The van der Waals surface area contributed by atoms with Crippen molar-refractivity contribution in [3.05, 3.63) is 77.4 Å². The highest BCUT2D eigenvalue weighted by Crippen LogP contribution is 2.12. The molecule has 2 aromatic rings. The van der Waals surface area contributed by atoms with Crippen LogP contribution in [0.3, 0.4) is 0 Å². The van der Waals surface area contributed by atoms with E-state index in [0.717, 1.165) is 12.0 Å². The smallest absolute Gasteiger partial charge is 0.338 e. The molecule has 0 aliphatic heterocycles. The molecule has 0 aromatic heterocycles. The summed E-state index contributed by atoms with van der Waals surface area (Å²) in [6.07, 6.45) is 4.85. The van der Waals surface area contributed by atoms with Gasteiger partial charge < -0.3 is 4.74 Å². The van der Waals surface area contributed by atoms with Gasteiger partial charge in [0.25, 0.3) is 0 Å². The van der Waals surface area contributed by atoms with Crippen LogP contribution in [0.5, 0.6) is 0 Å². The summed E-state index contributed by atoms with van der Waals surface area (Å²) < 4.78 is 4.77. The fraction of sp³-hybridized carbons (Fsp3) is 0.118.